The Hall–Kier alpha value is -2.00. The van der Waals surface area contributed by atoms with Crippen molar-refractivity contribution < 1.29 is 9.53 Å². The second kappa shape index (κ2) is 8.99. The van der Waals surface area contributed by atoms with Crippen molar-refractivity contribution in [3.8, 4) is 6.19 Å². The molecule has 106 valence electrons. The van der Waals surface area contributed by atoms with Crippen molar-refractivity contribution in [3.63, 3.8) is 0 Å². The predicted octanol–water partition coefficient (Wildman–Crippen LogP) is 3.06. The van der Waals surface area contributed by atoms with E-state index in [1.807, 2.05) is 13.1 Å². The van der Waals surface area contributed by atoms with E-state index in [1.54, 1.807) is 30.5 Å². The number of amidine groups is 1. The van der Waals surface area contributed by atoms with E-state index in [-0.39, 0.29) is 0 Å². The smallest absolute Gasteiger partial charge is 0.340 e. The quantitative estimate of drug-likeness (QED) is 0.225. The molecule has 1 rings (SSSR count). The van der Waals surface area contributed by atoms with Gasteiger partial charge >= 0.3 is 5.97 Å². The Labute approximate surface area is 123 Å². The van der Waals surface area contributed by atoms with Crippen LogP contribution in [0.1, 0.15) is 30.1 Å². The number of thioether (sulfide) groups is 1. The van der Waals surface area contributed by atoms with Crippen LogP contribution in [0, 0.1) is 11.5 Å². The molecule has 0 unspecified atom stereocenters. The van der Waals surface area contributed by atoms with Crippen molar-refractivity contribution in [1.82, 2.24) is 5.32 Å². The van der Waals surface area contributed by atoms with Crippen LogP contribution < -0.4 is 5.32 Å². The SMILES string of the molecule is CCCCOC(=O)c1ccccc1N=C(NC#N)SC. The summed E-state index contributed by atoms with van der Waals surface area (Å²) in [6, 6.07) is 6.92. The Bertz CT molecular complexity index is 523. The highest BCUT2D eigenvalue weighted by Crippen LogP contribution is 2.21. The maximum Gasteiger partial charge on any atom is 0.340 e. The van der Waals surface area contributed by atoms with Crippen molar-refractivity contribution in [2.45, 2.75) is 19.8 Å². The molecule has 20 heavy (non-hydrogen) atoms. The Morgan fingerprint density at radius 3 is 2.90 bits per heavy atom. The summed E-state index contributed by atoms with van der Waals surface area (Å²) in [7, 11) is 0. The van der Waals surface area contributed by atoms with E-state index in [1.165, 1.54) is 11.8 Å². The molecule has 1 aromatic rings. The number of nitriles is 1. The van der Waals surface area contributed by atoms with Gasteiger partial charge in [-0.2, -0.15) is 5.26 Å². The van der Waals surface area contributed by atoms with Gasteiger partial charge in [-0.05, 0) is 24.8 Å². The number of aliphatic imine (C=N–C) groups is 1. The Balaban J connectivity index is 2.93. The van der Waals surface area contributed by atoms with Crippen molar-refractivity contribution in [2.75, 3.05) is 12.9 Å². The zero-order valence-corrected chi connectivity index (χ0v) is 12.4. The molecule has 0 saturated heterocycles. The molecule has 0 aliphatic rings. The van der Waals surface area contributed by atoms with Crippen LogP contribution in [0.4, 0.5) is 5.69 Å². The van der Waals surface area contributed by atoms with Crippen LogP contribution in [-0.4, -0.2) is 24.0 Å². The van der Waals surface area contributed by atoms with Crippen molar-refractivity contribution in [1.29, 1.82) is 5.26 Å². The molecule has 6 heteroatoms. The maximum atomic E-state index is 12.0. The third-order valence-corrected chi connectivity index (χ3v) is 3.01. The van der Waals surface area contributed by atoms with E-state index >= 15 is 0 Å². The summed E-state index contributed by atoms with van der Waals surface area (Å²) >= 11 is 1.30. The highest BCUT2D eigenvalue weighted by atomic mass is 32.2. The number of nitrogens with one attached hydrogen (secondary N) is 1. The van der Waals surface area contributed by atoms with E-state index in [0.29, 0.717) is 23.0 Å². The first kappa shape index (κ1) is 16.1. The van der Waals surface area contributed by atoms with E-state index in [2.05, 4.69) is 10.3 Å². The van der Waals surface area contributed by atoms with Gasteiger partial charge in [0, 0.05) is 0 Å². The summed E-state index contributed by atoms with van der Waals surface area (Å²) in [6.45, 7) is 2.43. The van der Waals surface area contributed by atoms with Gasteiger partial charge < -0.3 is 4.74 Å². The molecule has 0 saturated carbocycles. The van der Waals surface area contributed by atoms with Crippen molar-refractivity contribution in [3.05, 3.63) is 29.8 Å². The number of ether oxygens (including phenoxy) is 1. The average Bonchev–Trinajstić information content (AvgIpc) is 2.47. The van der Waals surface area contributed by atoms with Gasteiger partial charge in [0.2, 0.25) is 0 Å². The molecular formula is C14H17N3O2S. The average molecular weight is 291 g/mol. The van der Waals surface area contributed by atoms with Crippen LogP contribution in [0.3, 0.4) is 0 Å². The lowest BCUT2D eigenvalue weighted by Crippen LogP contribution is -2.13. The van der Waals surface area contributed by atoms with Crippen LogP contribution >= 0.6 is 11.8 Å². The third kappa shape index (κ3) is 4.94. The van der Waals surface area contributed by atoms with E-state index in [9.17, 15) is 4.79 Å². The second-order valence-electron chi connectivity index (χ2n) is 3.86. The highest BCUT2D eigenvalue weighted by Gasteiger charge is 2.12. The van der Waals surface area contributed by atoms with Gasteiger partial charge in [-0.25, -0.2) is 9.79 Å². The van der Waals surface area contributed by atoms with Gasteiger partial charge in [-0.3, -0.25) is 5.32 Å². The lowest BCUT2D eigenvalue weighted by molar-refractivity contribution is 0.0501. The van der Waals surface area contributed by atoms with Gasteiger partial charge in [0.1, 0.15) is 0 Å². The summed E-state index contributed by atoms with van der Waals surface area (Å²) in [6.07, 6.45) is 5.41. The Morgan fingerprint density at radius 2 is 2.25 bits per heavy atom. The fourth-order valence-electron chi connectivity index (χ4n) is 1.41. The summed E-state index contributed by atoms with van der Waals surface area (Å²) in [4.78, 5) is 16.2. The number of carbonyl (C=O) groups excluding carboxylic acids is 1. The molecule has 0 fully saturated rings. The van der Waals surface area contributed by atoms with Crippen LogP contribution in [0.25, 0.3) is 0 Å². The first-order valence-electron chi connectivity index (χ1n) is 6.26. The number of hydrogen-bond donors (Lipinski definition) is 1. The van der Waals surface area contributed by atoms with Crippen molar-refractivity contribution >= 4 is 28.6 Å². The van der Waals surface area contributed by atoms with Gasteiger partial charge in [-0.15, -0.1) is 0 Å². The van der Waals surface area contributed by atoms with Gasteiger partial charge in [0.15, 0.2) is 11.4 Å². The molecule has 1 N–H and O–H groups in total. The summed E-state index contributed by atoms with van der Waals surface area (Å²) in [5.74, 6) is -0.393. The minimum absolute atomic E-state index is 0.393. The number of para-hydroxylation sites is 1. The molecule has 1 aromatic carbocycles. The number of esters is 1. The molecule has 0 aliphatic carbocycles. The van der Waals surface area contributed by atoms with Gasteiger partial charge in [0.05, 0.1) is 17.9 Å². The number of hydrogen-bond acceptors (Lipinski definition) is 5. The molecule has 0 aromatic heterocycles. The zero-order chi connectivity index (χ0) is 14.8. The minimum Gasteiger partial charge on any atom is -0.462 e. The minimum atomic E-state index is -0.393. The van der Waals surface area contributed by atoms with Crippen LogP contribution in [0.5, 0.6) is 0 Å². The first-order valence-corrected chi connectivity index (χ1v) is 7.49. The summed E-state index contributed by atoms with van der Waals surface area (Å²) in [5, 5.41) is 11.5. The Kier molecular flexibility index (Phi) is 7.22. The lowest BCUT2D eigenvalue weighted by atomic mass is 10.2. The second-order valence-corrected chi connectivity index (χ2v) is 4.66. The number of benzene rings is 1. The Morgan fingerprint density at radius 1 is 1.50 bits per heavy atom. The third-order valence-electron chi connectivity index (χ3n) is 2.43. The van der Waals surface area contributed by atoms with Crippen LogP contribution in [-0.2, 0) is 4.74 Å². The van der Waals surface area contributed by atoms with Gasteiger partial charge in [-0.1, -0.05) is 37.2 Å². The largest absolute Gasteiger partial charge is 0.462 e. The molecular weight excluding hydrogens is 274 g/mol. The van der Waals surface area contributed by atoms with Gasteiger partial charge in [0.25, 0.3) is 0 Å². The summed E-state index contributed by atoms with van der Waals surface area (Å²) < 4.78 is 5.18. The molecule has 0 bridgehead atoms. The normalized spacial score (nSPS) is 10.8. The van der Waals surface area contributed by atoms with E-state index < -0.39 is 5.97 Å². The van der Waals surface area contributed by atoms with E-state index in [0.717, 1.165) is 12.8 Å². The van der Waals surface area contributed by atoms with E-state index in [4.69, 9.17) is 10.00 Å². The molecule has 0 atom stereocenters. The topological polar surface area (TPSA) is 74.5 Å². The standard InChI is InChI=1S/C14H17N3O2S/c1-3-4-9-19-13(18)11-7-5-6-8-12(11)17-14(20-2)16-10-15/h5-8H,3-4,9H2,1-2H3,(H,16,17). The highest BCUT2D eigenvalue weighted by molar-refractivity contribution is 8.13. The predicted molar refractivity (Wildman–Crippen MR) is 81.0 cm³/mol. The molecule has 0 radical (unpaired) electrons. The van der Waals surface area contributed by atoms with Crippen LogP contribution in [0.15, 0.2) is 29.3 Å². The monoisotopic (exact) mass is 291 g/mol. The number of carbonyl (C=O) groups is 1. The molecule has 0 heterocycles. The summed E-state index contributed by atoms with van der Waals surface area (Å²) in [5.41, 5.74) is 0.885. The molecule has 0 aliphatic heterocycles. The molecule has 0 spiro atoms. The fraction of sp³-hybridized carbons (Fsp3) is 0.357. The first-order chi connectivity index (χ1) is 9.72. The molecule has 5 nitrogen and oxygen atoms in total. The molecule has 0 amide bonds. The fourth-order valence-corrected chi connectivity index (χ4v) is 1.75. The lowest BCUT2D eigenvalue weighted by Gasteiger charge is -2.07. The number of nitrogens with zero attached hydrogens (tertiary/aromatic N) is 2. The number of unbranched alkanes of at least 4 members (excludes halogenated alkanes) is 1. The van der Waals surface area contributed by atoms with Crippen molar-refractivity contribution in [2.24, 2.45) is 4.99 Å². The maximum absolute atomic E-state index is 12.0. The van der Waals surface area contributed by atoms with Crippen LogP contribution in [0.2, 0.25) is 0 Å². The number of rotatable bonds is 5. The zero-order valence-electron chi connectivity index (χ0n) is 11.5.